The van der Waals surface area contributed by atoms with Crippen molar-refractivity contribution in [3.8, 4) is 6.07 Å². The number of nitrogens with zero attached hydrogens (tertiary/aromatic N) is 8. The van der Waals surface area contributed by atoms with Gasteiger partial charge in [-0.2, -0.15) is 25.7 Å². The lowest BCUT2D eigenvalue weighted by atomic mass is 10.1. The molecule has 0 saturated carbocycles. The molecule has 4 aromatic rings. The second-order valence-corrected chi connectivity index (χ2v) is 10.3. The quantitative estimate of drug-likeness (QED) is 0.117. The summed E-state index contributed by atoms with van der Waals surface area (Å²) in [7, 11) is 7.99. The van der Waals surface area contributed by atoms with Crippen molar-refractivity contribution < 1.29 is 4.92 Å². The number of hydrogen-bond acceptors (Lipinski definition) is 9. The zero-order valence-corrected chi connectivity index (χ0v) is 26.3. The molecule has 0 radical (unpaired) electrons. The third kappa shape index (κ3) is 10.7. The minimum atomic E-state index is -0.425. The average Bonchev–Trinajstić information content (AvgIpc) is 3.05. The van der Waals surface area contributed by atoms with E-state index in [0.717, 1.165) is 39.3 Å². The van der Waals surface area contributed by atoms with Gasteiger partial charge in [0.25, 0.3) is 5.69 Å². The molecule has 0 aliphatic rings. The first kappa shape index (κ1) is 33.6. The van der Waals surface area contributed by atoms with Gasteiger partial charge in [0.1, 0.15) is 0 Å². The van der Waals surface area contributed by atoms with E-state index < -0.39 is 4.92 Å². The van der Waals surface area contributed by atoms with Crippen LogP contribution in [0.4, 0.5) is 17.1 Å². The molecule has 0 amide bonds. The fourth-order valence-electron chi connectivity index (χ4n) is 3.81. The van der Waals surface area contributed by atoms with Crippen molar-refractivity contribution in [2.24, 2.45) is 20.4 Å². The molecule has 4 rings (SSSR count). The normalized spacial score (nSPS) is 11.6. The Balaban J connectivity index is 0.000000246. The predicted molar refractivity (Wildman–Crippen MR) is 185 cm³/mol. The number of hydrogen-bond donors (Lipinski definition) is 0. The molecule has 0 spiro atoms. The van der Waals surface area contributed by atoms with Crippen LogP contribution in [0.25, 0.3) is 0 Å². The van der Waals surface area contributed by atoms with Crippen molar-refractivity contribution in [1.29, 1.82) is 5.26 Å². The molecule has 4 aromatic carbocycles. The van der Waals surface area contributed by atoms with E-state index in [0.29, 0.717) is 11.3 Å². The van der Waals surface area contributed by atoms with E-state index in [2.05, 4.69) is 26.5 Å². The highest BCUT2D eigenvalue weighted by Crippen LogP contribution is 2.14. The molecule has 0 fully saturated rings. The molecule has 45 heavy (non-hydrogen) atoms. The van der Waals surface area contributed by atoms with E-state index in [9.17, 15) is 10.1 Å². The molecule has 0 unspecified atom stereocenters. The second-order valence-electron chi connectivity index (χ2n) is 10.3. The summed E-state index contributed by atoms with van der Waals surface area (Å²) in [5.74, 6) is 0. The summed E-state index contributed by atoms with van der Waals surface area (Å²) in [6.45, 7) is 3.71. The maximum Gasteiger partial charge on any atom is 0.269 e. The van der Waals surface area contributed by atoms with E-state index in [-0.39, 0.29) is 5.69 Å². The van der Waals surface area contributed by atoms with Gasteiger partial charge in [-0.15, -0.1) is 0 Å². The van der Waals surface area contributed by atoms with Gasteiger partial charge in [-0.25, -0.2) is 0 Å². The zero-order valence-electron chi connectivity index (χ0n) is 26.3. The van der Waals surface area contributed by atoms with Crippen molar-refractivity contribution in [3.63, 3.8) is 0 Å². The summed E-state index contributed by atoms with van der Waals surface area (Å²) in [6, 6.07) is 31.7. The van der Waals surface area contributed by atoms with Gasteiger partial charge in [-0.3, -0.25) is 10.1 Å². The topological polar surface area (TPSA) is 123 Å². The number of benzene rings is 4. The Bertz CT molecular complexity index is 1710. The van der Waals surface area contributed by atoms with E-state index in [1.165, 1.54) is 12.1 Å². The molecule has 0 saturated heterocycles. The van der Waals surface area contributed by atoms with Crippen LogP contribution in [0.3, 0.4) is 0 Å². The van der Waals surface area contributed by atoms with Crippen LogP contribution >= 0.6 is 0 Å². The lowest BCUT2D eigenvalue weighted by Gasteiger charge is -2.11. The molecule has 0 aliphatic carbocycles. The second kappa shape index (κ2) is 16.6. The maximum atomic E-state index is 10.6. The third-order valence-corrected chi connectivity index (χ3v) is 6.58. The van der Waals surface area contributed by atoms with E-state index in [4.69, 9.17) is 5.26 Å². The Kier molecular flexibility index (Phi) is 12.4. The van der Waals surface area contributed by atoms with Crippen molar-refractivity contribution >= 4 is 40.9 Å². The summed E-state index contributed by atoms with van der Waals surface area (Å²) < 4.78 is 0. The summed E-state index contributed by atoms with van der Waals surface area (Å²) in [4.78, 5) is 14.3. The van der Waals surface area contributed by atoms with Gasteiger partial charge in [0.2, 0.25) is 0 Å². The number of anilines is 2. The Morgan fingerprint density at radius 3 is 1.38 bits per heavy atom. The first-order valence-corrected chi connectivity index (χ1v) is 14.0. The van der Waals surface area contributed by atoms with Crippen molar-refractivity contribution in [3.05, 3.63) is 135 Å². The van der Waals surface area contributed by atoms with Gasteiger partial charge >= 0.3 is 0 Å². The Hall–Kier alpha value is -5.95. The van der Waals surface area contributed by atoms with Crippen molar-refractivity contribution in [2.75, 3.05) is 38.0 Å². The minimum absolute atomic E-state index is 0.0611. The highest BCUT2D eigenvalue weighted by Gasteiger charge is 2.05. The lowest BCUT2D eigenvalue weighted by Crippen LogP contribution is -2.08. The lowest BCUT2D eigenvalue weighted by molar-refractivity contribution is -0.384. The smallest absolute Gasteiger partial charge is 0.269 e. The Morgan fingerprint density at radius 2 is 1.04 bits per heavy atom. The molecule has 0 N–H and O–H groups in total. The zero-order chi connectivity index (χ0) is 32.8. The first-order valence-electron chi connectivity index (χ1n) is 14.0. The molecule has 0 atom stereocenters. The molecule has 10 heteroatoms. The Labute approximate surface area is 264 Å². The van der Waals surface area contributed by atoms with Gasteiger partial charge in [0, 0.05) is 51.7 Å². The van der Waals surface area contributed by atoms with Crippen LogP contribution in [0.5, 0.6) is 0 Å². The molecule has 0 bridgehead atoms. The van der Waals surface area contributed by atoms with Crippen molar-refractivity contribution in [2.45, 2.75) is 13.8 Å². The largest absolute Gasteiger partial charge is 0.378 e. The fourth-order valence-corrected chi connectivity index (χ4v) is 3.81. The van der Waals surface area contributed by atoms with E-state index >= 15 is 0 Å². The molecule has 10 nitrogen and oxygen atoms in total. The van der Waals surface area contributed by atoms with Gasteiger partial charge in [-0.05, 0) is 84.6 Å². The fraction of sp³-hybridized carbons (Fsp3) is 0.171. The van der Waals surface area contributed by atoms with Gasteiger partial charge < -0.3 is 9.80 Å². The SMILES string of the molecule is C/C(=N\N=C\c1ccc(N(C)C)cc1)c1ccc(C#N)cc1.C/C(=N\N=C\c1ccc(N(C)C)cc1)c1ccc([N+](=O)[O-])cc1. The van der Waals surface area contributed by atoms with Crippen LogP contribution in [0, 0.1) is 21.4 Å². The number of nitriles is 1. The van der Waals surface area contributed by atoms with Gasteiger partial charge in [-0.1, -0.05) is 36.4 Å². The van der Waals surface area contributed by atoms with E-state index in [1.807, 2.05) is 113 Å². The molecule has 0 heterocycles. The number of non-ortho nitro benzene ring substituents is 1. The van der Waals surface area contributed by atoms with E-state index in [1.54, 1.807) is 36.7 Å². The van der Waals surface area contributed by atoms with Crippen LogP contribution in [0.15, 0.2) is 117 Å². The molecule has 0 aliphatic heterocycles. The Morgan fingerprint density at radius 1 is 0.667 bits per heavy atom. The van der Waals surface area contributed by atoms with Gasteiger partial charge in [0.05, 0.1) is 40.4 Å². The number of nitro benzene ring substituents is 1. The molecule has 228 valence electrons. The maximum absolute atomic E-state index is 10.6. The third-order valence-electron chi connectivity index (χ3n) is 6.58. The highest BCUT2D eigenvalue weighted by molar-refractivity contribution is 5.99. The van der Waals surface area contributed by atoms with Crippen LogP contribution in [0.2, 0.25) is 0 Å². The predicted octanol–water partition coefficient (Wildman–Crippen LogP) is 6.97. The van der Waals surface area contributed by atoms with Crippen molar-refractivity contribution in [1.82, 2.24) is 0 Å². The van der Waals surface area contributed by atoms with Crippen LogP contribution in [-0.4, -0.2) is 57.0 Å². The summed E-state index contributed by atoms with van der Waals surface area (Å²) in [5, 5.41) is 35.9. The van der Waals surface area contributed by atoms with Crippen LogP contribution < -0.4 is 9.80 Å². The number of rotatable bonds is 9. The number of nitro groups is 1. The van der Waals surface area contributed by atoms with Gasteiger partial charge in [0.15, 0.2) is 0 Å². The highest BCUT2D eigenvalue weighted by atomic mass is 16.6. The van der Waals surface area contributed by atoms with Crippen LogP contribution in [-0.2, 0) is 0 Å². The van der Waals surface area contributed by atoms with Crippen LogP contribution in [0.1, 0.15) is 41.7 Å². The summed E-state index contributed by atoms with van der Waals surface area (Å²) in [5.41, 5.74) is 8.19. The molecule has 0 aromatic heterocycles. The molecular weight excluding hydrogens is 564 g/mol. The summed E-state index contributed by atoms with van der Waals surface area (Å²) >= 11 is 0. The minimum Gasteiger partial charge on any atom is -0.378 e. The first-order chi connectivity index (χ1) is 21.6. The average molecular weight is 601 g/mol. The monoisotopic (exact) mass is 600 g/mol. The standard InChI is InChI=1S/C18H18N4.C17H18N4O2/c1-14(17-8-4-15(12-19)5-9-17)21-20-13-16-6-10-18(11-7-16)22(2)3;1-13(15-6-10-17(11-7-15)21(22)23)19-18-12-14-4-8-16(9-5-14)20(2)3/h4-11,13H,1-3H3;4-12H,1-3H3/b20-13+,21-14+;18-12+,19-13+. The molecular formula is C35H36N8O2. The summed E-state index contributed by atoms with van der Waals surface area (Å²) in [6.07, 6.45) is 3.40.